The summed E-state index contributed by atoms with van der Waals surface area (Å²) in [5.74, 6) is 1.20. The Morgan fingerprint density at radius 1 is 1.00 bits per heavy atom. The number of allylic oxidation sites excluding steroid dienone is 3. The van der Waals surface area contributed by atoms with Gasteiger partial charge >= 0.3 is 0 Å². The number of amides is 1. The van der Waals surface area contributed by atoms with E-state index in [1.54, 1.807) is 26.2 Å². The molecule has 178 valence electrons. The lowest BCUT2D eigenvalue weighted by Crippen LogP contribution is -2.31. The van der Waals surface area contributed by atoms with E-state index in [2.05, 4.69) is 23.5 Å². The average Bonchev–Trinajstić information content (AvgIpc) is 2.84. The van der Waals surface area contributed by atoms with Crippen LogP contribution >= 0.6 is 0 Å². The molecule has 1 amide bonds. The molecular weight excluding hydrogens is 428 g/mol. The number of benzene rings is 2. The minimum absolute atomic E-state index is 0.0742. The van der Waals surface area contributed by atoms with Crippen LogP contribution in [0, 0.1) is 0 Å². The van der Waals surface area contributed by atoms with Crippen molar-refractivity contribution in [1.29, 1.82) is 0 Å². The van der Waals surface area contributed by atoms with E-state index in [0.717, 1.165) is 35.3 Å². The van der Waals surface area contributed by atoms with Gasteiger partial charge in [0, 0.05) is 5.70 Å². The molecule has 2 aromatic rings. The molecule has 0 bridgehead atoms. The molecule has 0 heterocycles. The number of ketones is 1. The zero-order valence-corrected chi connectivity index (χ0v) is 20.0. The van der Waals surface area contributed by atoms with Gasteiger partial charge in [0.2, 0.25) is 5.91 Å². The summed E-state index contributed by atoms with van der Waals surface area (Å²) in [4.78, 5) is 24.6. The minimum atomic E-state index is -0.228. The maximum Gasteiger partial charge on any atom is 0.225 e. The first kappa shape index (κ1) is 24.8. The van der Waals surface area contributed by atoms with E-state index in [1.807, 2.05) is 36.4 Å². The molecule has 1 aliphatic carbocycles. The Labute approximate surface area is 201 Å². The topological polar surface area (TPSA) is 90.6 Å². The zero-order valence-electron chi connectivity index (χ0n) is 20.0. The predicted octanol–water partition coefficient (Wildman–Crippen LogP) is 4.57. The monoisotopic (exact) mass is 460 g/mol. The molecule has 0 aromatic heterocycles. The second-order valence-electron chi connectivity index (χ2n) is 8.28. The summed E-state index contributed by atoms with van der Waals surface area (Å²) in [6, 6.07) is 14.8. The van der Waals surface area contributed by atoms with Crippen LogP contribution in [0.4, 0.5) is 0 Å². The molecule has 6 heteroatoms. The van der Waals surface area contributed by atoms with E-state index in [1.165, 1.54) is 6.92 Å². The maximum absolute atomic E-state index is 12.9. The summed E-state index contributed by atoms with van der Waals surface area (Å²) in [6.07, 6.45) is 8.60. The highest BCUT2D eigenvalue weighted by Crippen LogP contribution is 2.28. The Kier molecular flexibility index (Phi) is 8.68. The summed E-state index contributed by atoms with van der Waals surface area (Å²) >= 11 is 0. The van der Waals surface area contributed by atoms with Crippen molar-refractivity contribution in [2.45, 2.75) is 39.2 Å². The zero-order chi connectivity index (χ0) is 24.5. The largest absolute Gasteiger partial charge is 0.497 e. The van der Waals surface area contributed by atoms with Gasteiger partial charge in [-0.15, -0.1) is 0 Å². The lowest BCUT2D eigenvalue weighted by atomic mass is 9.94. The Bertz CT molecular complexity index is 1090. The van der Waals surface area contributed by atoms with Crippen molar-refractivity contribution in [1.82, 2.24) is 5.32 Å². The maximum atomic E-state index is 12.9. The summed E-state index contributed by atoms with van der Waals surface area (Å²) in [5.41, 5.74) is 9.61. The molecular formula is C28H32N2O4. The molecule has 2 aromatic carbocycles. The molecule has 34 heavy (non-hydrogen) atoms. The van der Waals surface area contributed by atoms with Crippen LogP contribution in [-0.2, 0) is 16.0 Å². The average molecular weight is 461 g/mol. The Morgan fingerprint density at radius 2 is 1.68 bits per heavy atom. The van der Waals surface area contributed by atoms with E-state index >= 15 is 0 Å². The number of Topliss-reactive ketones (excluding diaryl/α,β-unsaturated/α-hetero) is 1. The molecule has 1 atom stereocenters. The number of ether oxygens (including phenoxy) is 2. The Balaban J connectivity index is 1.66. The molecule has 6 nitrogen and oxygen atoms in total. The lowest BCUT2D eigenvalue weighted by Gasteiger charge is -2.22. The predicted molar refractivity (Wildman–Crippen MR) is 134 cm³/mol. The first-order valence-corrected chi connectivity index (χ1v) is 11.3. The first-order chi connectivity index (χ1) is 16.4. The summed E-state index contributed by atoms with van der Waals surface area (Å²) < 4.78 is 11.0. The van der Waals surface area contributed by atoms with Crippen LogP contribution in [0.3, 0.4) is 0 Å². The van der Waals surface area contributed by atoms with Crippen LogP contribution in [0.15, 0.2) is 83.6 Å². The fourth-order valence-corrected chi connectivity index (χ4v) is 3.75. The normalized spacial score (nSPS) is 14.5. The third-order valence-electron chi connectivity index (χ3n) is 5.68. The first-order valence-electron chi connectivity index (χ1n) is 11.3. The van der Waals surface area contributed by atoms with E-state index < -0.39 is 0 Å². The molecule has 0 aliphatic heterocycles. The minimum Gasteiger partial charge on any atom is -0.497 e. The highest BCUT2D eigenvalue weighted by atomic mass is 16.5. The number of hydrogen-bond acceptors (Lipinski definition) is 5. The third kappa shape index (κ3) is 6.85. The molecule has 0 radical (unpaired) electrons. The number of nitrogens with two attached hydrogens (primary N) is 1. The number of carbonyl (C=O) groups is 2. The van der Waals surface area contributed by atoms with Crippen molar-refractivity contribution in [2.75, 3.05) is 13.7 Å². The van der Waals surface area contributed by atoms with Gasteiger partial charge in [0.05, 0.1) is 25.1 Å². The van der Waals surface area contributed by atoms with Gasteiger partial charge in [-0.2, -0.15) is 0 Å². The molecule has 0 fully saturated rings. The van der Waals surface area contributed by atoms with Crippen molar-refractivity contribution in [3.8, 4) is 11.5 Å². The van der Waals surface area contributed by atoms with Crippen LogP contribution in [0.5, 0.6) is 11.5 Å². The van der Waals surface area contributed by atoms with Gasteiger partial charge in [-0.05, 0) is 67.7 Å². The third-order valence-corrected chi connectivity index (χ3v) is 5.68. The molecule has 3 rings (SSSR count). The number of rotatable bonds is 10. The van der Waals surface area contributed by atoms with Crippen molar-refractivity contribution in [2.24, 2.45) is 5.73 Å². The van der Waals surface area contributed by atoms with Gasteiger partial charge in [0.25, 0.3) is 0 Å². The number of methoxy groups -OCH3 is 1. The van der Waals surface area contributed by atoms with Crippen molar-refractivity contribution < 1.29 is 19.1 Å². The van der Waals surface area contributed by atoms with Crippen LogP contribution in [0.1, 0.15) is 43.9 Å². The van der Waals surface area contributed by atoms with E-state index in [4.69, 9.17) is 15.2 Å². The molecule has 0 saturated heterocycles. The Hall–Kier alpha value is -3.80. The van der Waals surface area contributed by atoms with Gasteiger partial charge in [0.1, 0.15) is 18.1 Å². The molecule has 0 saturated carbocycles. The van der Waals surface area contributed by atoms with Gasteiger partial charge in [-0.25, -0.2) is 0 Å². The van der Waals surface area contributed by atoms with E-state index in [-0.39, 0.29) is 30.8 Å². The van der Waals surface area contributed by atoms with Crippen LogP contribution in [0.25, 0.3) is 0 Å². The van der Waals surface area contributed by atoms with Crippen molar-refractivity contribution >= 4 is 11.7 Å². The summed E-state index contributed by atoms with van der Waals surface area (Å²) in [7, 11) is 1.63. The standard InChI is InChI=1S/C28H32N2O4/c1-19(29)26(20(2)31)18-34-25-13-9-21(10-14-25)17-27(32)30-28(22-7-5-4-6-8-22)23-11-15-24(33-3)16-12-23/h5,7-16,28H,4,6,17-18,29H2,1-3H3,(H,30,32)/b26-19-. The molecule has 1 aliphatic rings. The van der Waals surface area contributed by atoms with Gasteiger partial charge in [0.15, 0.2) is 5.78 Å². The SMILES string of the molecule is COc1ccc(C(NC(=O)Cc2ccc(OC/C(C(C)=O)=C(\C)N)cc2)C2=CCCC=C2)cc1. The van der Waals surface area contributed by atoms with Gasteiger partial charge in [-0.3, -0.25) is 9.59 Å². The number of carbonyl (C=O) groups excluding carboxylic acids is 2. The van der Waals surface area contributed by atoms with Gasteiger partial charge in [-0.1, -0.05) is 42.5 Å². The van der Waals surface area contributed by atoms with Crippen molar-refractivity contribution in [3.05, 3.63) is 94.7 Å². The highest BCUT2D eigenvalue weighted by Gasteiger charge is 2.19. The quantitative estimate of drug-likeness (QED) is 0.507. The van der Waals surface area contributed by atoms with Crippen LogP contribution in [-0.4, -0.2) is 25.4 Å². The number of nitrogens with one attached hydrogen (secondary N) is 1. The van der Waals surface area contributed by atoms with Crippen LogP contribution < -0.4 is 20.5 Å². The summed E-state index contributed by atoms with van der Waals surface area (Å²) in [6.45, 7) is 3.26. The molecule has 1 unspecified atom stereocenters. The van der Waals surface area contributed by atoms with Crippen molar-refractivity contribution in [3.63, 3.8) is 0 Å². The van der Waals surface area contributed by atoms with E-state index in [9.17, 15) is 9.59 Å². The summed E-state index contributed by atoms with van der Waals surface area (Å²) in [5, 5.41) is 3.18. The van der Waals surface area contributed by atoms with Crippen LogP contribution in [0.2, 0.25) is 0 Å². The number of hydrogen-bond donors (Lipinski definition) is 2. The van der Waals surface area contributed by atoms with Gasteiger partial charge < -0.3 is 20.5 Å². The second-order valence-corrected chi connectivity index (χ2v) is 8.28. The fraction of sp³-hybridized carbons (Fsp3) is 0.286. The Morgan fingerprint density at radius 3 is 2.24 bits per heavy atom. The molecule has 3 N–H and O–H groups in total. The smallest absolute Gasteiger partial charge is 0.225 e. The lowest BCUT2D eigenvalue weighted by molar-refractivity contribution is -0.121. The highest BCUT2D eigenvalue weighted by molar-refractivity contribution is 5.94. The molecule has 0 spiro atoms. The fourth-order valence-electron chi connectivity index (χ4n) is 3.75. The second kappa shape index (κ2) is 11.9. The van der Waals surface area contributed by atoms with E-state index in [0.29, 0.717) is 17.0 Å².